The zero-order valence-corrected chi connectivity index (χ0v) is 11.1. The summed E-state index contributed by atoms with van der Waals surface area (Å²) in [7, 11) is -3.69. The molecule has 7 nitrogen and oxygen atoms in total. The molecule has 8 heteroatoms. The molecule has 0 saturated carbocycles. The number of hydrogen-bond acceptors (Lipinski definition) is 5. The summed E-state index contributed by atoms with van der Waals surface area (Å²) in [5.74, 6) is -0.147. The maximum Gasteiger partial charge on any atom is 0.404 e. The molecule has 0 bridgehead atoms. The number of ether oxygens (including phenoxy) is 1. The smallest absolute Gasteiger partial charge is 0.404 e. The Morgan fingerprint density at radius 1 is 1.26 bits per heavy atom. The number of Topliss-reactive ketones (excluding diaryl/α,β-unsaturated/α-hetero) is 1. The van der Waals surface area contributed by atoms with E-state index in [4.69, 9.17) is 5.73 Å². The highest BCUT2D eigenvalue weighted by Gasteiger charge is 2.13. The van der Waals surface area contributed by atoms with E-state index in [9.17, 15) is 18.0 Å². The predicted molar refractivity (Wildman–Crippen MR) is 67.2 cm³/mol. The Labute approximate surface area is 110 Å². The van der Waals surface area contributed by atoms with Crippen molar-refractivity contribution in [2.75, 3.05) is 13.2 Å². The topological polar surface area (TPSA) is 116 Å². The first-order chi connectivity index (χ1) is 8.83. The van der Waals surface area contributed by atoms with Gasteiger partial charge in [0.05, 0.1) is 4.90 Å². The fraction of sp³-hybridized carbons (Fsp3) is 0.273. The Bertz CT molecular complexity index is 565. The van der Waals surface area contributed by atoms with E-state index in [1.807, 2.05) is 0 Å². The van der Waals surface area contributed by atoms with Gasteiger partial charge in [0.2, 0.25) is 10.0 Å². The summed E-state index contributed by atoms with van der Waals surface area (Å²) >= 11 is 0. The number of sulfonamides is 1. The molecule has 1 rings (SSSR count). The second-order valence-corrected chi connectivity index (χ2v) is 5.41. The van der Waals surface area contributed by atoms with E-state index in [2.05, 4.69) is 9.46 Å². The fourth-order valence-corrected chi connectivity index (χ4v) is 2.29. The van der Waals surface area contributed by atoms with Crippen molar-refractivity contribution in [1.29, 1.82) is 0 Å². The highest BCUT2D eigenvalue weighted by molar-refractivity contribution is 7.89. The highest BCUT2D eigenvalue weighted by atomic mass is 32.2. The van der Waals surface area contributed by atoms with Crippen LogP contribution in [0.3, 0.4) is 0 Å². The van der Waals surface area contributed by atoms with Crippen molar-refractivity contribution in [2.24, 2.45) is 5.73 Å². The zero-order valence-electron chi connectivity index (χ0n) is 10.3. The number of rotatable bonds is 6. The lowest BCUT2D eigenvalue weighted by Gasteiger charge is -2.07. The monoisotopic (exact) mass is 286 g/mol. The average Bonchev–Trinajstić information content (AvgIpc) is 2.34. The van der Waals surface area contributed by atoms with Crippen LogP contribution < -0.4 is 10.5 Å². The molecule has 19 heavy (non-hydrogen) atoms. The minimum Gasteiger partial charge on any atom is -0.448 e. The van der Waals surface area contributed by atoms with Gasteiger partial charge in [0.1, 0.15) is 6.61 Å². The molecule has 1 amide bonds. The van der Waals surface area contributed by atoms with Crippen LogP contribution in [0.25, 0.3) is 0 Å². The number of primary amides is 1. The van der Waals surface area contributed by atoms with Crippen molar-refractivity contribution in [3.8, 4) is 0 Å². The highest BCUT2D eigenvalue weighted by Crippen LogP contribution is 2.10. The van der Waals surface area contributed by atoms with Crippen molar-refractivity contribution < 1.29 is 22.7 Å². The van der Waals surface area contributed by atoms with E-state index in [1.54, 1.807) is 0 Å². The molecule has 0 aliphatic heterocycles. The molecule has 0 unspecified atom stereocenters. The second-order valence-electron chi connectivity index (χ2n) is 3.65. The molecule has 0 spiro atoms. The van der Waals surface area contributed by atoms with E-state index in [1.165, 1.54) is 31.2 Å². The van der Waals surface area contributed by atoms with Crippen LogP contribution in [0.15, 0.2) is 29.2 Å². The van der Waals surface area contributed by atoms with Gasteiger partial charge in [0.25, 0.3) is 0 Å². The lowest BCUT2D eigenvalue weighted by molar-refractivity contribution is 0.101. The molecule has 3 N–H and O–H groups in total. The van der Waals surface area contributed by atoms with Gasteiger partial charge in [-0.2, -0.15) is 0 Å². The van der Waals surface area contributed by atoms with E-state index in [0.29, 0.717) is 5.56 Å². The normalized spacial score (nSPS) is 11.0. The van der Waals surface area contributed by atoms with Gasteiger partial charge in [0, 0.05) is 12.1 Å². The Morgan fingerprint density at radius 3 is 2.32 bits per heavy atom. The van der Waals surface area contributed by atoms with Gasteiger partial charge in [0.15, 0.2) is 5.78 Å². The molecular formula is C11H14N2O5S. The van der Waals surface area contributed by atoms with Crippen LogP contribution in [0.2, 0.25) is 0 Å². The quantitative estimate of drug-likeness (QED) is 0.575. The van der Waals surface area contributed by atoms with Crippen LogP contribution in [0.1, 0.15) is 17.3 Å². The van der Waals surface area contributed by atoms with Crippen LogP contribution in [0.5, 0.6) is 0 Å². The number of benzene rings is 1. The largest absolute Gasteiger partial charge is 0.448 e. The summed E-state index contributed by atoms with van der Waals surface area (Å²) < 4.78 is 30.2. The first-order valence-electron chi connectivity index (χ1n) is 5.36. The van der Waals surface area contributed by atoms with Gasteiger partial charge < -0.3 is 10.5 Å². The Hall–Kier alpha value is -1.93. The first-order valence-corrected chi connectivity index (χ1v) is 6.84. The van der Waals surface area contributed by atoms with Gasteiger partial charge in [-0.3, -0.25) is 4.79 Å². The zero-order chi connectivity index (χ0) is 14.5. The van der Waals surface area contributed by atoms with Gasteiger partial charge in [-0.25, -0.2) is 17.9 Å². The summed E-state index contributed by atoms with van der Waals surface area (Å²) in [6.45, 7) is 1.16. The minimum atomic E-state index is -3.69. The van der Waals surface area contributed by atoms with Gasteiger partial charge in [-0.05, 0) is 19.1 Å². The SMILES string of the molecule is CC(=O)c1ccc(S(=O)(=O)NCCOC(N)=O)cc1. The maximum atomic E-state index is 11.8. The third-order valence-corrected chi connectivity index (χ3v) is 3.69. The molecular weight excluding hydrogens is 272 g/mol. The number of nitrogens with two attached hydrogens (primary N) is 1. The van der Waals surface area contributed by atoms with Crippen LogP contribution in [-0.2, 0) is 14.8 Å². The van der Waals surface area contributed by atoms with Crippen molar-refractivity contribution in [1.82, 2.24) is 4.72 Å². The third kappa shape index (κ3) is 4.68. The fourth-order valence-electron chi connectivity index (χ4n) is 1.28. The molecule has 0 saturated heterocycles. The van der Waals surface area contributed by atoms with Gasteiger partial charge in [-0.1, -0.05) is 12.1 Å². The van der Waals surface area contributed by atoms with E-state index in [0.717, 1.165) is 0 Å². The Morgan fingerprint density at radius 2 is 1.84 bits per heavy atom. The standard InChI is InChI=1S/C11H14N2O5S/c1-8(14)9-2-4-10(5-3-9)19(16,17)13-6-7-18-11(12)15/h2-5,13H,6-7H2,1H3,(H2,12,15). The summed E-state index contributed by atoms with van der Waals surface area (Å²) in [5.41, 5.74) is 5.15. The lowest BCUT2D eigenvalue weighted by atomic mass is 10.2. The summed E-state index contributed by atoms with van der Waals surface area (Å²) in [5, 5.41) is 0. The molecule has 1 aromatic carbocycles. The molecule has 0 fully saturated rings. The number of hydrogen-bond donors (Lipinski definition) is 2. The number of ketones is 1. The van der Waals surface area contributed by atoms with Crippen LogP contribution in [0, 0.1) is 0 Å². The van der Waals surface area contributed by atoms with Crippen molar-refractivity contribution in [3.63, 3.8) is 0 Å². The molecule has 0 aliphatic rings. The first kappa shape index (κ1) is 15.1. The molecule has 0 atom stereocenters. The summed E-state index contributed by atoms with van der Waals surface area (Å²) in [4.78, 5) is 21.4. The molecule has 0 aliphatic carbocycles. The Balaban J connectivity index is 2.66. The van der Waals surface area contributed by atoms with Crippen LogP contribution in [0.4, 0.5) is 4.79 Å². The number of carbonyl (C=O) groups excluding carboxylic acids is 2. The third-order valence-electron chi connectivity index (χ3n) is 2.21. The number of amides is 1. The summed E-state index contributed by atoms with van der Waals surface area (Å²) in [6.07, 6.45) is -0.968. The molecule has 0 aromatic heterocycles. The summed E-state index contributed by atoms with van der Waals surface area (Å²) in [6, 6.07) is 5.51. The van der Waals surface area contributed by atoms with Crippen molar-refractivity contribution in [3.05, 3.63) is 29.8 Å². The predicted octanol–water partition coefficient (Wildman–Crippen LogP) is 0.263. The molecule has 0 radical (unpaired) electrons. The van der Waals surface area contributed by atoms with Crippen LogP contribution in [-0.4, -0.2) is 33.4 Å². The molecule has 104 valence electrons. The van der Waals surface area contributed by atoms with E-state index in [-0.39, 0.29) is 23.8 Å². The van der Waals surface area contributed by atoms with E-state index >= 15 is 0 Å². The number of carbonyl (C=O) groups is 2. The minimum absolute atomic E-state index is 0.0246. The van der Waals surface area contributed by atoms with Crippen molar-refractivity contribution >= 4 is 21.9 Å². The average molecular weight is 286 g/mol. The second kappa shape index (κ2) is 6.30. The van der Waals surface area contributed by atoms with Gasteiger partial charge in [-0.15, -0.1) is 0 Å². The van der Waals surface area contributed by atoms with Crippen molar-refractivity contribution in [2.45, 2.75) is 11.8 Å². The molecule has 1 aromatic rings. The van der Waals surface area contributed by atoms with E-state index < -0.39 is 16.1 Å². The lowest BCUT2D eigenvalue weighted by Crippen LogP contribution is -2.29. The maximum absolute atomic E-state index is 11.8. The number of nitrogens with one attached hydrogen (secondary N) is 1. The van der Waals surface area contributed by atoms with Gasteiger partial charge >= 0.3 is 6.09 Å². The van der Waals surface area contributed by atoms with Crippen LogP contribution >= 0.6 is 0 Å². The molecule has 0 heterocycles. The Kier molecular flexibility index (Phi) is 5.02.